The van der Waals surface area contributed by atoms with Crippen LogP contribution in [0.1, 0.15) is 61.8 Å². The van der Waals surface area contributed by atoms with Gasteiger partial charge in [0, 0.05) is 0 Å². The summed E-state index contributed by atoms with van der Waals surface area (Å²) in [5, 5.41) is 0. The predicted octanol–water partition coefficient (Wildman–Crippen LogP) is 8.24. The summed E-state index contributed by atoms with van der Waals surface area (Å²) in [5.41, 5.74) is 4.46. The van der Waals surface area contributed by atoms with Gasteiger partial charge >= 0.3 is 0 Å². The number of benzene rings is 3. The van der Waals surface area contributed by atoms with Gasteiger partial charge in [-0.15, -0.1) is 0 Å². The minimum absolute atomic E-state index is 0.151. The van der Waals surface area contributed by atoms with E-state index in [2.05, 4.69) is 6.92 Å². The van der Waals surface area contributed by atoms with Crippen molar-refractivity contribution < 1.29 is 13.2 Å². The van der Waals surface area contributed by atoms with E-state index >= 15 is 0 Å². The van der Waals surface area contributed by atoms with E-state index in [9.17, 15) is 13.2 Å². The number of unbranched alkanes of at least 4 members (excludes halogenated alkanes) is 2. The molecule has 3 aromatic carbocycles. The van der Waals surface area contributed by atoms with Crippen molar-refractivity contribution in [3.8, 4) is 11.1 Å². The van der Waals surface area contributed by atoms with E-state index in [-0.39, 0.29) is 5.82 Å². The monoisotopic (exact) mass is 424 g/mol. The van der Waals surface area contributed by atoms with Crippen LogP contribution in [-0.2, 0) is 25.7 Å². The Hall–Kier alpha value is -2.55. The number of aryl methyl sites for hydroxylation is 4. The van der Waals surface area contributed by atoms with Crippen molar-refractivity contribution in [2.24, 2.45) is 0 Å². The van der Waals surface area contributed by atoms with Crippen LogP contribution in [0, 0.1) is 17.5 Å². The van der Waals surface area contributed by atoms with Crippen LogP contribution in [-0.4, -0.2) is 0 Å². The molecule has 0 aliphatic carbocycles. The average Bonchev–Trinajstić information content (AvgIpc) is 2.78. The molecule has 0 atom stereocenters. The molecule has 3 rings (SSSR count). The lowest BCUT2D eigenvalue weighted by Gasteiger charge is -2.09. The van der Waals surface area contributed by atoms with E-state index in [1.165, 1.54) is 0 Å². The molecule has 0 radical (unpaired) electrons. The average molecular weight is 425 g/mol. The fourth-order valence-electron chi connectivity index (χ4n) is 3.92. The second kappa shape index (κ2) is 11.2. The predicted molar refractivity (Wildman–Crippen MR) is 123 cm³/mol. The normalized spacial score (nSPS) is 11.1. The molecule has 0 bridgehead atoms. The van der Waals surface area contributed by atoms with Crippen LogP contribution in [0.4, 0.5) is 13.2 Å². The van der Waals surface area contributed by atoms with E-state index < -0.39 is 11.6 Å². The summed E-state index contributed by atoms with van der Waals surface area (Å²) in [6, 6.07) is 16.7. The highest BCUT2D eigenvalue weighted by Crippen LogP contribution is 2.24. The van der Waals surface area contributed by atoms with Crippen molar-refractivity contribution in [1.29, 1.82) is 0 Å². The summed E-state index contributed by atoms with van der Waals surface area (Å²) in [6.07, 6.45) is 6.41. The maximum Gasteiger partial charge on any atom is 0.162 e. The zero-order valence-corrected chi connectivity index (χ0v) is 18.5. The molecule has 0 saturated carbocycles. The largest absolute Gasteiger partial charge is 0.207 e. The first-order valence-electron chi connectivity index (χ1n) is 11.4. The molecule has 0 unspecified atom stereocenters. The van der Waals surface area contributed by atoms with Gasteiger partial charge in [0.1, 0.15) is 5.82 Å². The Morgan fingerprint density at radius 1 is 0.548 bits per heavy atom. The number of hydrogen-bond acceptors (Lipinski definition) is 0. The van der Waals surface area contributed by atoms with E-state index in [1.54, 1.807) is 18.2 Å². The fraction of sp³-hybridized carbons (Fsp3) is 0.357. The SMILES string of the molecule is CCCCCc1ccc(-c2ccc(CCc3ccc(CCC)c(F)c3F)cc2)cc1F. The molecule has 0 saturated heterocycles. The van der Waals surface area contributed by atoms with Gasteiger partial charge in [0.2, 0.25) is 0 Å². The Kier molecular flexibility index (Phi) is 8.34. The van der Waals surface area contributed by atoms with E-state index in [0.717, 1.165) is 54.4 Å². The summed E-state index contributed by atoms with van der Waals surface area (Å²) >= 11 is 0. The molecular formula is C28H31F3. The third-order valence-electron chi connectivity index (χ3n) is 5.83. The highest BCUT2D eigenvalue weighted by Gasteiger charge is 2.13. The summed E-state index contributed by atoms with van der Waals surface area (Å²) in [6.45, 7) is 4.09. The first kappa shape index (κ1) is 23.1. The molecule has 3 aromatic rings. The van der Waals surface area contributed by atoms with Crippen molar-refractivity contribution >= 4 is 0 Å². The van der Waals surface area contributed by atoms with Crippen LogP contribution in [0.3, 0.4) is 0 Å². The Labute approximate surface area is 184 Å². The van der Waals surface area contributed by atoms with E-state index in [1.807, 2.05) is 43.3 Å². The lowest BCUT2D eigenvalue weighted by Crippen LogP contribution is -2.01. The number of rotatable bonds is 10. The van der Waals surface area contributed by atoms with Crippen LogP contribution in [0.5, 0.6) is 0 Å². The molecule has 0 aromatic heterocycles. The third-order valence-corrected chi connectivity index (χ3v) is 5.83. The van der Waals surface area contributed by atoms with Gasteiger partial charge in [-0.1, -0.05) is 81.6 Å². The minimum Gasteiger partial charge on any atom is -0.207 e. The lowest BCUT2D eigenvalue weighted by atomic mass is 9.97. The maximum absolute atomic E-state index is 14.4. The highest BCUT2D eigenvalue weighted by atomic mass is 19.2. The number of hydrogen-bond donors (Lipinski definition) is 0. The minimum atomic E-state index is -0.725. The Morgan fingerprint density at radius 2 is 1.16 bits per heavy atom. The van der Waals surface area contributed by atoms with E-state index in [4.69, 9.17) is 0 Å². The van der Waals surface area contributed by atoms with Crippen molar-refractivity contribution in [2.45, 2.75) is 65.2 Å². The smallest absolute Gasteiger partial charge is 0.162 e. The quantitative estimate of drug-likeness (QED) is 0.287. The first-order valence-corrected chi connectivity index (χ1v) is 11.4. The van der Waals surface area contributed by atoms with Crippen molar-refractivity contribution in [2.75, 3.05) is 0 Å². The Morgan fingerprint density at radius 3 is 1.77 bits per heavy atom. The molecule has 31 heavy (non-hydrogen) atoms. The summed E-state index contributed by atoms with van der Waals surface area (Å²) in [7, 11) is 0. The van der Waals surface area contributed by atoms with Crippen molar-refractivity contribution in [1.82, 2.24) is 0 Å². The van der Waals surface area contributed by atoms with Gasteiger partial charge in [-0.3, -0.25) is 0 Å². The fourth-order valence-corrected chi connectivity index (χ4v) is 3.92. The lowest BCUT2D eigenvalue weighted by molar-refractivity contribution is 0.488. The molecule has 0 N–H and O–H groups in total. The van der Waals surface area contributed by atoms with Crippen LogP contribution < -0.4 is 0 Å². The van der Waals surface area contributed by atoms with Gasteiger partial charge in [-0.2, -0.15) is 0 Å². The van der Waals surface area contributed by atoms with Crippen molar-refractivity contribution in [3.05, 3.63) is 94.3 Å². The van der Waals surface area contributed by atoms with Crippen LogP contribution >= 0.6 is 0 Å². The van der Waals surface area contributed by atoms with Gasteiger partial charge in [0.05, 0.1) is 0 Å². The second-order valence-electron chi connectivity index (χ2n) is 8.22. The summed E-state index contributed by atoms with van der Waals surface area (Å²) < 4.78 is 42.9. The van der Waals surface area contributed by atoms with Crippen LogP contribution in [0.25, 0.3) is 11.1 Å². The number of halogens is 3. The molecular weight excluding hydrogens is 393 g/mol. The first-order chi connectivity index (χ1) is 15.0. The maximum atomic E-state index is 14.4. The second-order valence-corrected chi connectivity index (χ2v) is 8.22. The van der Waals surface area contributed by atoms with Gasteiger partial charge in [-0.25, -0.2) is 13.2 Å². The summed E-state index contributed by atoms with van der Waals surface area (Å²) in [4.78, 5) is 0. The Bertz CT molecular complexity index is 990. The standard InChI is InChI=1S/C28H31F3/c1-3-5-6-8-22-15-18-25(19-26(22)29)21-12-9-20(10-13-21)11-14-24-17-16-23(7-4-2)27(30)28(24)31/h9-10,12-13,15-19H,3-8,11,14H2,1-2H3. The molecule has 0 nitrogen and oxygen atoms in total. The molecule has 0 aliphatic heterocycles. The molecule has 164 valence electrons. The summed E-state index contributed by atoms with van der Waals surface area (Å²) in [5.74, 6) is -1.59. The molecule has 0 amide bonds. The van der Waals surface area contributed by atoms with Gasteiger partial charge in [0.25, 0.3) is 0 Å². The molecule has 0 aliphatic rings. The Balaban J connectivity index is 1.64. The highest BCUT2D eigenvalue weighted by molar-refractivity contribution is 5.64. The zero-order chi connectivity index (χ0) is 22.2. The topological polar surface area (TPSA) is 0 Å². The van der Waals surface area contributed by atoms with Gasteiger partial charge in [-0.05, 0) is 71.6 Å². The molecule has 0 spiro atoms. The van der Waals surface area contributed by atoms with Crippen LogP contribution in [0.2, 0.25) is 0 Å². The van der Waals surface area contributed by atoms with E-state index in [0.29, 0.717) is 30.4 Å². The van der Waals surface area contributed by atoms with Crippen LogP contribution in [0.15, 0.2) is 54.6 Å². The molecule has 0 heterocycles. The van der Waals surface area contributed by atoms with Gasteiger partial charge < -0.3 is 0 Å². The zero-order valence-electron chi connectivity index (χ0n) is 18.5. The molecule has 3 heteroatoms. The van der Waals surface area contributed by atoms with Gasteiger partial charge in [0.15, 0.2) is 11.6 Å². The molecule has 0 fully saturated rings. The van der Waals surface area contributed by atoms with Crippen molar-refractivity contribution in [3.63, 3.8) is 0 Å². The third kappa shape index (κ3) is 6.00.